The topological polar surface area (TPSA) is 50.3 Å². The van der Waals surface area contributed by atoms with Crippen LogP contribution >= 0.6 is 0 Å². The molecule has 1 N–H and O–H groups in total. The van der Waals surface area contributed by atoms with Gasteiger partial charge in [0.05, 0.1) is 12.3 Å². The van der Waals surface area contributed by atoms with Gasteiger partial charge in [0.1, 0.15) is 11.6 Å². The predicted octanol–water partition coefficient (Wildman–Crippen LogP) is 3.05. The fraction of sp³-hybridized carbons (Fsp3) is 0.444. The van der Waals surface area contributed by atoms with Crippen LogP contribution in [-0.2, 0) is 0 Å². The molecule has 1 aromatic carbocycles. The summed E-state index contributed by atoms with van der Waals surface area (Å²) in [5.74, 6) is 1.68. The van der Waals surface area contributed by atoms with Crippen molar-refractivity contribution < 1.29 is 4.74 Å². The molecule has 0 saturated carbocycles. The number of aromatic nitrogens is 2. The Morgan fingerprint density at radius 2 is 1.83 bits per heavy atom. The minimum atomic E-state index is 0.770. The van der Waals surface area contributed by atoms with Gasteiger partial charge in [-0.3, -0.25) is 0 Å². The molecule has 0 aliphatic carbocycles. The fourth-order valence-electron chi connectivity index (χ4n) is 2.83. The van der Waals surface area contributed by atoms with Crippen LogP contribution < -0.4 is 10.1 Å². The van der Waals surface area contributed by atoms with E-state index in [1.807, 2.05) is 43.4 Å². The van der Waals surface area contributed by atoms with E-state index in [2.05, 4.69) is 20.4 Å². The molecule has 0 bridgehead atoms. The third kappa shape index (κ3) is 4.42. The Bertz CT molecular complexity index is 591. The summed E-state index contributed by atoms with van der Waals surface area (Å²) in [6.45, 7) is 4.42. The van der Waals surface area contributed by atoms with Crippen LogP contribution in [0, 0.1) is 0 Å². The summed E-state index contributed by atoms with van der Waals surface area (Å²) < 4.78 is 5.82. The second kappa shape index (κ2) is 7.92. The molecule has 1 fully saturated rings. The number of anilines is 1. The van der Waals surface area contributed by atoms with Crippen LogP contribution in [0.3, 0.4) is 0 Å². The van der Waals surface area contributed by atoms with Gasteiger partial charge in [-0.05, 0) is 68.8 Å². The Balaban J connectivity index is 1.48. The molecular formula is C18H24N4O. The Morgan fingerprint density at radius 1 is 1.04 bits per heavy atom. The van der Waals surface area contributed by atoms with Crippen molar-refractivity contribution in [2.75, 3.05) is 38.6 Å². The molecule has 0 radical (unpaired) electrons. The van der Waals surface area contributed by atoms with Crippen molar-refractivity contribution >= 4 is 5.82 Å². The maximum atomic E-state index is 5.82. The van der Waals surface area contributed by atoms with Gasteiger partial charge in [0.25, 0.3) is 0 Å². The Kier molecular flexibility index (Phi) is 5.42. The van der Waals surface area contributed by atoms with Gasteiger partial charge in [-0.2, -0.15) is 0 Å². The summed E-state index contributed by atoms with van der Waals surface area (Å²) >= 11 is 0. The molecule has 122 valence electrons. The minimum Gasteiger partial charge on any atom is -0.494 e. The molecule has 5 nitrogen and oxygen atoms in total. The molecule has 1 saturated heterocycles. The summed E-state index contributed by atoms with van der Waals surface area (Å²) in [6.07, 6.45) is 3.78. The lowest BCUT2D eigenvalue weighted by Gasteiger charge is -2.14. The summed E-state index contributed by atoms with van der Waals surface area (Å²) in [5, 5.41) is 11.3. The molecule has 0 unspecified atom stereocenters. The number of rotatable bonds is 7. The highest BCUT2D eigenvalue weighted by atomic mass is 16.5. The summed E-state index contributed by atoms with van der Waals surface area (Å²) in [6, 6.07) is 11.9. The monoisotopic (exact) mass is 312 g/mol. The van der Waals surface area contributed by atoms with Crippen molar-refractivity contribution in [1.82, 2.24) is 15.1 Å². The summed E-state index contributed by atoms with van der Waals surface area (Å²) in [4.78, 5) is 2.51. The first kappa shape index (κ1) is 15.7. The van der Waals surface area contributed by atoms with Gasteiger partial charge in [0, 0.05) is 19.2 Å². The largest absolute Gasteiger partial charge is 0.494 e. The van der Waals surface area contributed by atoms with E-state index in [1.54, 1.807) is 0 Å². The van der Waals surface area contributed by atoms with Gasteiger partial charge in [0.15, 0.2) is 0 Å². The predicted molar refractivity (Wildman–Crippen MR) is 92.8 cm³/mol. The van der Waals surface area contributed by atoms with E-state index in [9.17, 15) is 0 Å². The Morgan fingerprint density at radius 3 is 2.48 bits per heavy atom. The number of ether oxygens (including phenoxy) is 1. The van der Waals surface area contributed by atoms with E-state index in [1.165, 1.54) is 25.9 Å². The molecule has 1 aliphatic rings. The summed E-state index contributed by atoms with van der Waals surface area (Å²) in [5.41, 5.74) is 1.91. The van der Waals surface area contributed by atoms with Crippen molar-refractivity contribution in [1.29, 1.82) is 0 Å². The zero-order valence-corrected chi connectivity index (χ0v) is 13.7. The molecule has 2 heterocycles. The van der Waals surface area contributed by atoms with Crippen LogP contribution in [0.1, 0.15) is 19.3 Å². The lowest BCUT2D eigenvalue weighted by molar-refractivity contribution is 0.263. The minimum absolute atomic E-state index is 0.770. The van der Waals surface area contributed by atoms with Crippen LogP contribution in [0.25, 0.3) is 11.3 Å². The molecule has 1 aromatic heterocycles. The lowest BCUT2D eigenvalue weighted by atomic mass is 10.1. The number of benzene rings is 1. The van der Waals surface area contributed by atoms with Gasteiger partial charge < -0.3 is 15.0 Å². The zero-order valence-electron chi connectivity index (χ0n) is 13.7. The first-order valence-electron chi connectivity index (χ1n) is 8.32. The average Bonchev–Trinajstić information content (AvgIpc) is 3.13. The first-order chi connectivity index (χ1) is 11.3. The van der Waals surface area contributed by atoms with Crippen molar-refractivity contribution in [3.05, 3.63) is 36.4 Å². The van der Waals surface area contributed by atoms with Crippen LogP contribution in [0.2, 0.25) is 0 Å². The SMILES string of the molecule is CNc1ccc(-c2ccc(OCCCN3CCCC3)cc2)nn1. The van der Waals surface area contributed by atoms with Crippen molar-refractivity contribution in [2.24, 2.45) is 0 Å². The molecule has 0 atom stereocenters. The standard InChI is InChI=1S/C18H24N4O/c1-19-18-10-9-17(20-21-18)15-5-7-16(8-6-15)23-14-4-13-22-11-2-3-12-22/h5-10H,2-4,11-14H2,1H3,(H,19,21). The molecule has 1 aliphatic heterocycles. The van der Waals surface area contributed by atoms with Crippen LogP contribution in [0.5, 0.6) is 5.75 Å². The van der Waals surface area contributed by atoms with Crippen LogP contribution in [0.15, 0.2) is 36.4 Å². The molecule has 3 rings (SSSR count). The smallest absolute Gasteiger partial charge is 0.148 e. The first-order valence-corrected chi connectivity index (χ1v) is 8.32. The van der Waals surface area contributed by atoms with Crippen LogP contribution in [0.4, 0.5) is 5.82 Å². The summed E-state index contributed by atoms with van der Waals surface area (Å²) in [7, 11) is 1.83. The molecule has 5 heteroatoms. The number of hydrogen-bond acceptors (Lipinski definition) is 5. The number of hydrogen-bond donors (Lipinski definition) is 1. The maximum absolute atomic E-state index is 5.82. The number of nitrogens with one attached hydrogen (secondary N) is 1. The molecule has 0 amide bonds. The quantitative estimate of drug-likeness (QED) is 0.796. The van der Waals surface area contributed by atoms with Gasteiger partial charge >= 0.3 is 0 Å². The molecule has 23 heavy (non-hydrogen) atoms. The van der Waals surface area contributed by atoms with E-state index in [4.69, 9.17) is 4.74 Å². The van der Waals surface area contributed by atoms with Crippen molar-refractivity contribution in [3.8, 4) is 17.0 Å². The van der Waals surface area contributed by atoms with Gasteiger partial charge in [-0.25, -0.2) is 0 Å². The third-order valence-corrected chi connectivity index (χ3v) is 4.16. The third-order valence-electron chi connectivity index (χ3n) is 4.16. The van der Waals surface area contributed by atoms with Gasteiger partial charge in [-0.15, -0.1) is 10.2 Å². The highest BCUT2D eigenvalue weighted by Crippen LogP contribution is 2.21. The average molecular weight is 312 g/mol. The molecule has 0 spiro atoms. The zero-order chi connectivity index (χ0) is 15.9. The van der Waals surface area contributed by atoms with E-state index >= 15 is 0 Å². The Hall–Kier alpha value is -2.14. The number of nitrogens with zero attached hydrogens (tertiary/aromatic N) is 3. The van der Waals surface area contributed by atoms with E-state index in [0.717, 1.165) is 42.4 Å². The van der Waals surface area contributed by atoms with Crippen molar-refractivity contribution in [2.45, 2.75) is 19.3 Å². The second-order valence-corrected chi connectivity index (χ2v) is 5.83. The lowest BCUT2D eigenvalue weighted by Crippen LogP contribution is -2.21. The fourth-order valence-corrected chi connectivity index (χ4v) is 2.83. The molecule has 2 aromatic rings. The molecular weight excluding hydrogens is 288 g/mol. The normalized spacial score (nSPS) is 14.8. The highest BCUT2D eigenvalue weighted by Gasteiger charge is 2.10. The van der Waals surface area contributed by atoms with Crippen molar-refractivity contribution in [3.63, 3.8) is 0 Å². The second-order valence-electron chi connectivity index (χ2n) is 5.83. The number of likely N-dealkylation sites (tertiary alicyclic amines) is 1. The van der Waals surface area contributed by atoms with E-state index < -0.39 is 0 Å². The van der Waals surface area contributed by atoms with E-state index in [-0.39, 0.29) is 0 Å². The van der Waals surface area contributed by atoms with Gasteiger partial charge in [0.2, 0.25) is 0 Å². The Labute approximate surface area is 137 Å². The van der Waals surface area contributed by atoms with Crippen LogP contribution in [-0.4, -0.2) is 48.4 Å². The van der Waals surface area contributed by atoms with Gasteiger partial charge in [-0.1, -0.05) is 0 Å². The van der Waals surface area contributed by atoms with E-state index in [0.29, 0.717) is 0 Å². The maximum Gasteiger partial charge on any atom is 0.148 e. The highest BCUT2D eigenvalue weighted by molar-refractivity contribution is 5.60.